The molecule has 36 heavy (non-hydrogen) atoms. The number of hydrogen-bond acceptors (Lipinski definition) is 4. The Morgan fingerprint density at radius 1 is 1.06 bits per heavy atom. The largest absolute Gasteiger partial charge is 0.481 e. The van der Waals surface area contributed by atoms with Crippen LogP contribution in [-0.2, 0) is 11.2 Å². The van der Waals surface area contributed by atoms with E-state index in [9.17, 15) is 14.0 Å². The second kappa shape index (κ2) is 9.67. The second-order valence-corrected chi connectivity index (χ2v) is 12.7. The normalized spacial score (nSPS) is 22.7. The van der Waals surface area contributed by atoms with Gasteiger partial charge in [-0.15, -0.1) is 23.1 Å². The molecule has 7 heteroatoms. The molecule has 2 fully saturated rings. The van der Waals surface area contributed by atoms with Gasteiger partial charge in [0, 0.05) is 20.7 Å². The summed E-state index contributed by atoms with van der Waals surface area (Å²) in [5.41, 5.74) is 4.88. The van der Waals surface area contributed by atoms with Crippen molar-refractivity contribution in [3.8, 4) is 11.1 Å². The Hall–Kier alpha value is -2.64. The van der Waals surface area contributed by atoms with E-state index in [2.05, 4.69) is 24.4 Å². The van der Waals surface area contributed by atoms with Gasteiger partial charge < -0.3 is 10.4 Å². The van der Waals surface area contributed by atoms with Gasteiger partial charge in [-0.2, -0.15) is 0 Å². The molecule has 3 aromatic rings. The number of nitrogens with one attached hydrogen (secondary N) is 1. The van der Waals surface area contributed by atoms with E-state index in [-0.39, 0.29) is 29.1 Å². The number of carbonyl (C=O) groups is 2. The number of rotatable bonds is 7. The first-order chi connectivity index (χ1) is 17.2. The maximum Gasteiger partial charge on any atom is 0.306 e. The third kappa shape index (κ3) is 4.83. The van der Waals surface area contributed by atoms with Gasteiger partial charge in [-0.25, -0.2) is 4.39 Å². The molecule has 1 heterocycles. The molecule has 0 unspecified atom stereocenters. The maximum atomic E-state index is 14.0. The van der Waals surface area contributed by atoms with Gasteiger partial charge in [-0.05, 0) is 98.1 Å². The van der Waals surface area contributed by atoms with Crippen LogP contribution in [0.25, 0.3) is 11.1 Å². The highest BCUT2D eigenvalue weighted by atomic mass is 32.2. The summed E-state index contributed by atoms with van der Waals surface area (Å²) in [5.74, 6) is -1.18. The van der Waals surface area contributed by atoms with E-state index in [0.717, 1.165) is 68.2 Å². The molecule has 1 amide bonds. The number of aliphatic carboxylic acids is 1. The van der Waals surface area contributed by atoms with Crippen molar-refractivity contribution < 1.29 is 19.1 Å². The molecule has 2 aliphatic rings. The lowest BCUT2D eigenvalue weighted by atomic mass is 9.50. The lowest BCUT2D eigenvalue weighted by Gasteiger charge is -2.56. The van der Waals surface area contributed by atoms with Crippen LogP contribution in [-0.4, -0.2) is 29.3 Å². The van der Waals surface area contributed by atoms with Crippen molar-refractivity contribution >= 4 is 35.0 Å². The molecule has 0 bridgehead atoms. The molecule has 0 atom stereocenters. The molecular formula is C29H30FNO3S2. The number of carboxylic acids is 1. The number of carbonyl (C=O) groups excluding carboxylic acids is 1. The van der Waals surface area contributed by atoms with Crippen LogP contribution in [0, 0.1) is 31.0 Å². The third-order valence-corrected chi connectivity index (χ3v) is 9.56. The van der Waals surface area contributed by atoms with Gasteiger partial charge >= 0.3 is 5.97 Å². The van der Waals surface area contributed by atoms with Gasteiger partial charge in [0.15, 0.2) is 0 Å². The molecule has 5 rings (SSSR count). The quantitative estimate of drug-likeness (QED) is 0.332. The summed E-state index contributed by atoms with van der Waals surface area (Å²) in [6.07, 6.45) is 5.82. The average Bonchev–Trinajstić information content (AvgIpc) is 3.06. The third-order valence-electron chi connectivity index (χ3n) is 7.79. The molecule has 2 aliphatic carbocycles. The molecule has 2 aromatic carbocycles. The maximum absolute atomic E-state index is 14.0. The first-order valence-corrected chi connectivity index (χ1v) is 14.3. The number of halogens is 1. The summed E-state index contributed by atoms with van der Waals surface area (Å²) in [6, 6.07) is 13.3. The lowest BCUT2D eigenvalue weighted by molar-refractivity contribution is -0.155. The number of thiophene rings is 1. The van der Waals surface area contributed by atoms with Crippen molar-refractivity contribution in [2.24, 2.45) is 11.3 Å². The van der Waals surface area contributed by atoms with Gasteiger partial charge in [0.05, 0.1) is 11.5 Å². The lowest BCUT2D eigenvalue weighted by Crippen LogP contribution is -2.57. The highest BCUT2D eigenvalue weighted by Crippen LogP contribution is 2.58. The fourth-order valence-corrected chi connectivity index (χ4v) is 7.50. The molecule has 1 aromatic heterocycles. The minimum atomic E-state index is -0.698. The van der Waals surface area contributed by atoms with E-state index >= 15 is 0 Å². The molecule has 2 saturated carbocycles. The first-order valence-electron chi connectivity index (χ1n) is 12.2. The fourth-order valence-electron chi connectivity index (χ4n) is 5.95. The van der Waals surface area contributed by atoms with Gasteiger partial charge in [0.1, 0.15) is 5.82 Å². The predicted molar refractivity (Wildman–Crippen MR) is 143 cm³/mol. The topological polar surface area (TPSA) is 66.4 Å². The highest BCUT2D eigenvalue weighted by Gasteiger charge is 2.55. The smallest absolute Gasteiger partial charge is 0.306 e. The molecule has 0 radical (unpaired) electrons. The number of thioether (sulfide) groups is 1. The van der Waals surface area contributed by atoms with Crippen LogP contribution in [0.15, 0.2) is 47.4 Å². The zero-order valence-corrected chi connectivity index (χ0v) is 22.3. The van der Waals surface area contributed by atoms with E-state index in [0.29, 0.717) is 6.42 Å². The van der Waals surface area contributed by atoms with Crippen LogP contribution in [0.5, 0.6) is 0 Å². The molecule has 4 nitrogen and oxygen atoms in total. The van der Waals surface area contributed by atoms with Crippen LogP contribution < -0.4 is 5.32 Å². The van der Waals surface area contributed by atoms with Crippen molar-refractivity contribution in [2.45, 2.75) is 56.9 Å². The van der Waals surface area contributed by atoms with E-state index in [1.807, 2.05) is 31.4 Å². The van der Waals surface area contributed by atoms with Crippen molar-refractivity contribution in [3.05, 3.63) is 74.7 Å². The number of benzene rings is 2. The van der Waals surface area contributed by atoms with Crippen molar-refractivity contribution in [1.82, 2.24) is 5.32 Å². The molecule has 0 saturated heterocycles. The standard InChI is InChI=1S/C29H30FNO3S2/c1-16-25(8-18-4-6-19(7-5-18)20-9-22(30)11-24(10-20)35-3)26(17(2)36-16)27(32)31-23-14-29(15-23)12-21(13-29)28(33)34/h4-7,9-11,21,23H,8,12-15H2,1-3H3,(H,31,32)(H,33,34). The molecule has 188 valence electrons. The molecule has 1 spiro atoms. The molecule has 2 N–H and O–H groups in total. The van der Waals surface area contributed by atoms with Crippen molar-refractivity contribution in [2.75, 3.05) is 6.26 Å². The van der Waals surface area contributed by atoms with E-state index in [1.54, 1.807) is 23.5 Å². The van der Waals surface area contributed by atoms with Gasteiger partial charge in [0.2, 0.25) is 0 Å². The van der Waals surface area contributed by atoms with Crippen LogP contribution in [0.2, 0.25) is 0 Å². The summed E-state index contributed by atoms with van der Waals surface area (Å²) in [6.45, 7) is 4.06. The Balaban J connectivity index is 1.27. The Labute approximate surface area is 219 Å². The van der Waals surface area contributed by atoms with E-state index in [4.69, 9.17) is 5.11 Å². The summed E-state index contributed by atoms with van der Waals surface area (Å²) < 4.78 is 14.0. The number of aryl methyl sites for hydroxylation is 2. The van der Waals surface area contributed by atoms with Crippen LogP contribution in [0.4, 0.5) is 4.39 Å². The number of amides is 1. The van der Waals surface area contributed by atoms with Crippen molar-refractivity contribution in [1.29, 1.82) is 0 Å². The number of hydrogen-bond donors (Lipinski definition) is 2. The van der Waals surface area contributed by atoms with Crippen LogP contribution >= 0.6 is 23.1 Å². The van der Waals surface area contributed by atoms with Crippen molar-refractivity contribution in [3.63, 3.8) is 0 Å². The van der Waals surface area contributed by atoms with Gasteiger partial charge in [-0.3, -0.25) is 9.59 Å². The van der Waals surface area contributed by atoms with Gasteiger partial charge in [0.25, 0.3) is 5.91 Å². The van der Waals surface area contributed by atoms with E-state index < -0.39 is 5.97 Å². The zero-order chi connectivity index (χ0) is 25.6. The SMILES string of the molecule is CSc1cc(F)cc(-c2ccc(Cc3c(C)sc(C)c3C(=O)NC3CC4(C3)CC(C(=O)O)C4)cc2)c1. The summed E-state index contributed by atoms with van der Waals surface area (Å²) in [7, 11) is 0. The summed E-state index contributed by atoms with van der Waals surface area (Å²) >= 11 is 3.17. The zero-order valence-electron chi connectivity index (χ0n) is 20.7. The minimum absolute atomic E-state index is 0.0261. The number of carboxylic acid groups (broad SMARTS) is 1. The minimum Gasteiger partial charge on any atom is -0.481 e. The Morgan fingerprint density at radius 3 is 2.39 bits per heavy atom. The first kappa shape index (κ1) is 25.0. The van der Waals surface area contributed by atoms with E-state index in [1.165, 1.54) is 11.8 Å². The summed E-state index contributed by atoms with van der Waals surface area (Å²) in [5, 5.41) is 12.4. The fraction of sp³-hybridized carbons (Fsp3) is 0.379. The van der Waals surface area contributed by atoms with Gasteiger partial charge in [-0.1, -0.05) is 24.3 Å². The second-order valence-electron chi connectivity index (χ2n) is 10.3. The molecular weight excluding hydrogens is 493 g/mol. The molecule has 0 aliphatic heterocycles. The monoisotopic (exact) mass is 523 g/mol. The predicted octanol–water partition coefficient (Wildman–Crippen LogP) is 6.86. The van der Waals surface area contributed by atoms with Crippen LogP contribution in [0.3, 0.4) is 0 Å². The Bertz CT molecular complexity index is 1320. The highest BCUT2D eigenvalue weighted by molar-refractivity contribution is 7.98. The summed E-state index contributed by atoms with van der Waals surface area (Å²) in [4.78, 5) is 27.5. The average molecular weight is 524 g/mol. The Morgan fingerprint density at radius 2 is 1.75 bits per heavy atom. The van der Waals surface area contributed by atoms with Crippen LogP contribution in [0.1, 0.15) is 56.9 Å². The Kier molecular flexibility index (Phi) is 6.72.